The molecule has 1 aliphatic heterocycles. The van der Waals surface area contributed by atoms with Crippen LogP contribution in [-0.4, -0.2) is 44.1 Å². The monoisotopic (exact) mass is 317 g/mol. The van der Waals surface area contributed by atoms with Gasteiger partial charge in [0.25, 0.3) is 0 Å². The minimum Gasteiger partial charge on any atom is -0.481 e. The number of imidazole rings is 1. The second-order valence-electron chi connectivity index (χ2n) is 5.77. The molecule has 1 unspecified atom stereocenters. The van der Waals surface area contributed by atoms with E-state index in [0.717, 1.165) is 11.0 Å². The molecule has 1 fully saturated rings. The van der Waals surface area contributed by atoms with E-state index in [4.69, 9.17) is 5.11 Å². The van der Waals surface area contributed by atoms with Crippen molar-refractivity contribution >= 4 is 22.9 Å². The lowest BCUT2D eigenvalue weighted by atomic mass is 10.1. The van der Waals surface area contributed by atoms with Crippen LogP contribution in [0, 0.1) is 5.92 Å². The van der Waals surface area contributed by atoms with Crippen molar-refractivity contribution in [1.29, 1.82) is 0 Å². The highest BCUT2D eigenvalue weighted by molar-refractivity contribution is 5.82. The highest BCUT2D eigenvalue weighted by Crippen LogP contribution is 2.18. The number of aryl methyl sites for hydroxylation is 1. The van der Waals surface area contributed by atoms with Crippen LogP contribution in [0.1, 0.15) is 13.3 Å². The van der Waals surface area contributed by atoms with Crippen LogP contribution in [0.3, 0.4) is 0 Å². The molecule has 2 heterocycles. The van der Waals surface area contributed by atoms with Crippen LogP contribution < -0.4 is 5.69 Å². The molecule has 0 bridgehead atoms. The number of hydrogen-bond acceptors (Lipinski definition) is 3. The maximum Gasteiger partial charge on any atom is 0.329 e. The van der Waals surface area contributed by atoms with Gasteiger partial charge in [0.2, 0.25) is 5.91 Å². The van der Waals surface area contributed by atoms with E-state index in [9.17, 15) is 14.4 Å². The van der Waals surface area contributed by atoms with Crippen LogP contribution in [0.5, 0.6) is 0 Å². The molecule has 23 heavy (non-hydrogen) atoms. The standard InChI is InChI=1S/C16H19N3O4/c1-2-18-12-5-3-4-6-13(12)19(16(18)23)10-14(20)17-8-7-11(9-17)15(21)22/h3-6,11H,2,7-10H2,1H3,(H,21,22). The quantitative estimate of drug-likeness (QED) is 0.902. The smallest absolute Gasteiger partial charge is 0.329 e. The van der Waals surface area contributed by atoms with E-state index in [2.05, 4.69) is 0 Å². The third-order valence-corrected chi connectivity index (χ3v) is 4.42. The number of aromatic nitrogens is 2. The van der Waals surface area contributed by atoms with E-state index in [1.807, 2.05) is 31.2 Å². The highest BCUT2D eigenvalue weighted by atomic mass is 16.4. The van der Waals surface area contributed by atoms with Crippen molar-refractivity contribution in [3.05, 3.63) is 34.7 Å². The fourth-order valence-corrected chi connectivity index (χ4v) is 3.15. The number of carboxylic acids is 1. The average Bonchev–Trinajstić information content (AvgIpc) is 3.12. The summed E-state index contributed by atoms with van der Waals surface area (Å²) in [7, 11) is 0. The molecule has 0 spiro atoms. The Morgan fingerprint density at radius 2 is 1.87 bits per heavy atom. The molecule has 2 aromatic rings. The summed E-state index contributed by atoms with van der Waals surface area (Å²) in [5, 5.41) is 9.03. The number of nitrogens with zero attached hydrogens (tertiary/aromatic N) is 3. The number of fused-ring (bicyclic) bond motifs is 1. The Balaban J connectivity index is 1.88. The number of aliphatic carboxylic acids is 1. The molecule has 0 radical (unpaired) electrons. The fourth-order valence-electron chi connectivity index (χ4n) is 3.15. The molecule has 1 saturated heterocycles. The van der Waals surface area contributed by atoms with Crippen molar-refractivity contribution in [1.82, 2.24) is 14.0 Å². The minimum atomic E-state index is -0.875. The van der Waals surface area contributed by atoms with Crippen LogP contribution in [0.2, 0.25) is 0 Å². The lowest BCUT2D eigenvalue weighted by Gasteiger charge is -2.16. The number of carboxylic acid groups (broad SMARTS) is 1. The number of carbonyl (C=O) groups excluding carboxylic acids is 1. The van der Waals surface area contributed by atoms with Gasteiger partial charge < -0.3 is 10.0 Å². The molecule has 1 amide bonds. The number of hydrogen-bond donors (Lipinski definition) is 1. The second kappa shape index (κ2) is 5.91. The van der Waals surface area contributed by atoms with Crippen LogP contribution in [-0.2, 0) is 22.7 Å². The molecule has 3 rings (SSSR count). The topological polar surface area (TPSA) is 84.5 Å². The van der Waals surface area contributed by atoms with Crippen LogP contribution in [0.4, 0.5) is 0 Å². The molecule has 0 saturated carbocycles. The Bertz CT molecular complexity index is 820. The number of carbonyl (C=O) groups is 2. The summed E-state index contributed by atoms with van der Waals surface area (Å²) in [5.41, 5.74) is 1.32. The van der Waals surface area contributed by atoms with Crippen molar-refractivity contribution in [3.8, 4) is 0 Å². The average molecular weight is 317 g/mol. The van der Waals surface area contributed by atoms with Crippen LogP contribution in [0.25, 0.3) is 11.0 Å². The third-order valence-electron chi connectivity index (χ3n) is 4.42. The lowest BCUT2D eigenvalue weighted by molar-refractivity contribution is -0.141. The Morgan fingerprint density at radius 1 is 1.22 bits per heavy atom. The first-order valence-electron chi connectivity index (χ1n) is 7.71. The maximum atomic E-state index is 12.5. The molecular formula is C16H19N3O4. The SMILES string of the molecule is CCn1c(=O)n(CC(=O)N2CCC(C(=O)O)C2)c2ccccc21. The van der Waals surface area contributed by atoms with Gasteiger partial charge in [-0.15, -0.1) is 0 Å². The van der Waals surface area contributed by atoms with E-state index in [0.29, 0.717) is 19.5 Å². The summed E-state index contributed by atoms with van der Waals surface area (Å²) in [6.07, 6.45) is 0.465. The zero-order valence-electron chi connectivity index (χ0n) is 12.9. The van der Waals surface area contributed by atoms with E-state index < -0.39 is 11.9 Å². The van der Waals surface area contributed by atoms with Gasteiger partial charge in [-0.3, -0.25) is 18.7 Å². The number of amides is 1. The summed E-state index contributed by atoms with van der Waals surface area (Å²) < 4.78 is 3.10. The normalized spacial score (nSPS) is 17.8. The predicted molar refractivity (Wildman–Crippen MR) is 84.2 cm³/mol. The van der Waals surface area contributed by atoms with E-state index in [-0.39, 0.29) is 24.7 Å². The van der Waals surface area contributed by atoms with Crippen LogP contribution in [0.15, 0.2) is 29.1 Å². The zero-order valence-corrected chi connectivity index (χ0v) is 12.9. The first kappa shape index (κ1) is 15.3. The summed E-state index contributed by atoms with van der Waals surface area (Å²) in [6.45, 7) is 3.01. The molecule has 7 heteroatoms. The Hall–Kier alpha value is -2.57. The van der Waals surface area contributed by atoms with Gasteiger partial charge in [-0.1, -0.05) is 12.1 Å². The van der Waals surface area contributed by atoms with Gasteiger partial charge in [-0.25, -0.2) is 4.79 Å². The summed E-state index contributed by atoms with van der Waals surface area (Å²) in [5.74, 6) is -1.59. The van der Waals surface area contributed by atoms with Crippen molar-refractivity contribution in [2.24, 2.45) is 5.92 Å². The number of para-hydroxylation sites is 2. The maximum absolute atomic E-state index is 12.5. The van der Waals surface area contributed by atoms with E-state index in [1.165, 1.54) is 9.47 Å². The lowest BCUT2D eigenvalue weighted by Crippen LogP contribution is -2.36. The first-order chi connectivity index (χ1) is 11.0. The first-order valence-corrected chi connectivity index (χ1v) is 7.71. The van der Waals surface area contributed by atoms with Crippen molar-refractivity contribution in [2.45, 2.75) is 26.4 Å². The predicted octanol–water partition coefficient (Wildman–Crippen LogP) is 0.756. The Labute approximate surface area is 132 Å². The molecular weight excluding hydrogens is 298 g/mol. The van der Waals surface area contributed by atoms with E-state index in [1.54, 1.807) is 4.57 Å². The fraction of sp³-hybridized carbons (Fsp3) is 0.438. The third kappa shape index (κ3) is 2.62. The molecule has 122 valence electrons. The Kier molecular flexibility index (Phi) is 3.94. The molecule has 1 aromatic heterocycles. The van der Waals surface area contributed by atoms with Gasteiger partial charge in [0.05, 0.1) is 17.0 Å². The van der Waals surface area contributed by atoms with Gasteiger partial charge in [-0.05, 0) is 25.5 Å². The highest BCUT2D eigenvalue weighted by Gasteiger charge is 2.31. The van der Waals surface area contributed by atoms with Gasteiger partial charge in [0.15, 0.2) is 0 Å². The molecule has 1 aliphatic rings. The summed E-state index contributed by atoms with van der Waals surface area (Å²) in [6, 6.07) is 7.37. The van der Waals surface area contributed by atoms with Gasteiger partial charge >= 0.3 is 11.7 Å². The Morgan fingerprint density at radius 3 is 2.43 bits per heavy atom. The van der Waals surface area contributed by atoms with Crippen molar-refractivity contribution in [3.63, 3.8) is 0 Å². The van der Waals surface area contributed by atoms with E-state index >= 15 is 0 Å². The number of likely N-dealkylation sites (tertiary alicyclic amines) is 1. The second-order valence-corrected chi connectivity index (χ2v) is 5.77. The largest absolute Gasteiger partial charge is 0.481 e. The molecule has 0 aliphatic carbocycles. The molecule has 1 N–H and O–H groups in total. The number of benzene rings is 1. The van der Waals surface area contributed by atoms with Crippen LogP contribution >= 0.6 is 0 Å². The molecule has 1 aromatic carbocycles. The van der Waals surface area contributed by atoms with Gasteiger partial charge in [0.1, 0.15) is 6.54 Å². The van der Waals surface area contributed by atoms with Crippen molar-refractivity contribution < 1.29 is 14.7 Å². The van der Waals surface area contributed by atoms with Gasteiger partial charge in [0, 0.05) is 19.6 Å². The molecule has 1 atom stereocenters. The summed E-state index contributed by atoms with van der Waals surface area (Å²) in [4.78, 5) is 37.5. The van der Waals surface area contributed by atoms with Crippen molar-refractivity contribution in [2.75, 3.05) is 13.1 Å². The molecule has 7 nitrogen and oxygen atoms in total. The van der Waals surface area contributed by atoms with Gasteiger partial charge in [-0.2, -0.15) is 0 Å². The zero-order chi connectivity index (χ0) is 16.6. The minimum absolute atomic E-state index is 0.0569. The number of rotatable bonds is 4. The summed E-state index contributed by atoms with van der Waals surface area (Å²) >= 11 is 0.